The van der Waals surface area contributed by atoms with Crippen molar-refractivity contribution in [2.24, 2.45) is 0 Å². The van der Waals surface area contributed by atoms with Crippen LogP contribution in [0.3, 0.4) is 0 Å². The second kappa shape index (κ2) is 6.61. The Hall–Kier alpha value is -1.08. The number of hydrogen-bond donors (Lipinski definition) is 2. The van der Waals surface area contributed by atoms with Gasteiger partial charge < -0.3 is 10.4 Å². The molecule has 94 valence electrons. The van der Waals surface area contributed by atoms with Crippen LogP contribution in [0, 0.1) is 6.92 Å². The predicted molar refractivity (Wildman–Crippen MR) is 68.7 cm³/mol. The number of thioether (sulfide) groups is 1. The first-order chi connectivity index (χ1) is 8.06. The molecule has 1 aromatic rings. The fraction of sp³-hybridized carbons (Fsp3) is 0.500. The van der Waals surface area contributed by atoms with Crippen LogP contribution in [0.1, 0.15) is 21.8 Å². The van der Waals surface area contributed by atoms with Crippen molar-refractivity contribution in [1.29, 1.82) is 0 Å². The first kappa shape index (κ1) is 14.0. The maximum atomic E-state index is 11.8. The minimum Gasteiger partial charge on any atom is -0.480 e. The third-order valence-electron chi connectivity index (χ3n) is 2.17. The van der Waals surface area contributed by atoms with E-state index in [1.54, 1.807) is 24.2 Å². The molecule has 0 aromatic carbocycles. The largest absolute Gasteiger partial charge is 0.480 e. The van der Waals surface area contributed by atoms with Gasteiger partial charge in [-0.1, -0.05) is 0 Å². The first-order valence-corrected chi connectivity index (χ1v) is 7.26. The average Bonchev–Trinajstić information content (AvgIpc) is 2.70. The molecule has 0 saturated heterocycles. The minimum atomic E-state index is -1.01. The molecule has 0 aliphatic heterocycles. The van der Waals surface area contributed by atoms with Gasteiger partial charge in [-0.25, -0.2) is 9.78 Å². The number of carboxylic acid groups (broad SMARTS) is 1. The van der Waals surface area contributed by atoms with E-state index in [0.717, 1.165) is 0 Å². The Morgan fingerprint density at radius 1 is 1.65 bits per heavy atom. The molecule has 0 aliphatic carbocycles. The van der Waals surface area contributed by atoms with Crippen molar-refractivity contribution in [2.75, 3.05) is 12.0 Å². The number of aliphatic carboxylic acids is 1. The van der Waals surface area contributed by atoms with Gasteiger partial charge in [0.2, 0.25) is 0 Å². The summed E-state index contributed by atoms with van der Waals surface area (Å²) in [7, 11) is 0. The second-order valence-corrected chi connectivity index (χ2v) is 5.25. The Kier molecular flexibility index (Phi) is 5.43. The maximum Gasteiger partial charge on any atom is 0.326 e. The smallest absolute Gasteiger partial charge is 0.326 e. The Morgan fingerprint density at radius 3 is 2.82 bits per heavy atom. The number of thiazole rings is 1. The molecule has 0 spiro atoms. The summed E-state index contributed by atoms with van der Waals surface area (Å²) in [5.41, 5.74) is 2.20. The van der Waals surface area contributed by atoms with Gasteiger partial charge >= 0.3 is 5.97 Å². The summed E-state index contributed by atoms with van der Waals surface area (Å²) in [6.07, 6.45) is 2.31. The Morgan fingerprint density at radius 2 is 2.35 bits per heavy atom. The molecular formula is C10H14N2O3S2. The van der Waals surface area contributed by atoms with Crippen LogP contribution < -0.4 is 5.32 Å². The van der Waals surface area contributed by atoms with E-state index >= 15 is 0 Å². The fourth-order valence-electron chi connectivity index (χ4n) is 1.24. The molecule has 7 heteroatoms. The molecule has 0 fully saturated rings. The van der Waals surface area contributed by atoms with Crippen LogP contribution in [-0.2, 0) is 4.79 Å². The highest BCUT2D eigenvalue weighted by molar-refractivity contribution is 7.98. The van der Waals surface area contributed by atoms with Gasteiger partial charge in [-0.2, -0.15) is 11.8 Å². The number of carboxylic acids is 1. The monoisotopic (exact) mass is 274 g/mol. The third kappa shape index (κ3) is 4.01. The minimum absolute atomic E-state index is 0.362. The third-order valence-corrected chi connectivity index (χ3v) is 3.74. The van der Waals surface area contributed by atoms with Gasteiger partial charge in [0.05, 0.1) is 11.2 Å². The molecular weight excluding hydrogens is 260 g/mol. The van der Waals surface area contributed by atoms with E-state index in [1.165, 1.54) is 11.3 Å². The van der Waals surface area contributed by atoms with Gasteiger partial charge in [0.15, 0.2) is 0 Å². The number of aromatic nitrogens is 1. The van der Waals surface area contributed by atoms with Crippen LogP contribution in [0.25, 0.3) is 0 Å². The quantitative estimate of drug-likeness (QED) is 0.819. The molecule has 1 aromatic heterocycles. The molecule has 17 heavy (non-hydrogen) atoms. The lowest BCUT2D eigenvalue weighted by Gasteiger charge is -2.13. The number of aryl methyl sites for hydroxylation is 1. The van der Waals surface area contributed by atoms with E-state index < -0.39 is 12.0 Å². The van der Waals surface area contributed by atoms with Gasteiger partial charge in [0, 0.05) is 0 Å². The van der Waals surface area contributed by atoms with Crippen molar-refractivity contribution in [2.45, 2.75) is 19.4 Å². The van der Waals surface area contributed by atoms with Crippen LogP contribution in [-0.4, -0.2) is 40.0 Å². The molecule has 2 N–H and O–H groups in total. The van der Waals surface area contributed by atoms with Crippen molar-refractivity contribution < 1.29 is 14.7 Å². The molecule has 1 atom stereocenters. The zero-order valence-corrected chi connectivity index (χ0v) is 11.2. The summed E-state index contributed by atoms with van der Waals surface area (Å²) < 4.78 is 0. The van der Waals surface area contributed by atoms with E-state index in [4.69, 9.17) is 5.11 Å². The average molecular weight is 274 g/mol. The highest BCUT2D eigenvalue weighted by Gasteiger charge is 2.21. The molecule has 5 nitrogen and oxygen atoms in total. The predicted octanol–water partition coefficient (Wildman–Crippen LogP) is 1.39. The number of rotatable bonds is 6. The lowest BCUT2D eigenvalue weighted by atomic mass is 10.2. The lowest BCUT2D eigenvalue weighted by Crippen LogP contribution is -2.41. The number of nitrogens with zero attached hydrogens (tertiary/aromatic N) is 1. The zero-order chi connectivity index (χ0) is 12.8. The molecule has 0 unspecified atom stereocenters. The molecule has 0 bridgehead atoms. The Balaban J connectivity index is 2.64. The molecule has 1 rings (SSSR count). The zero-order valence-electron chi connectivity index (χ0n) is 9.60. The van der Waals surface area contributed by atoms with Crippen molar-refractivity contribution in [1.82, 2.24) is 10.3 Å². The summed E-state index contributed by atoms with van der Waals surface area (Å²) in [6.45, 7) is 1.73. The number of carbonyl (C=O) groups is 2. The molecule has 0 saturated carbocycles. The topological polar surface area (TPSA) is 79.3 Å². The van der Waals surface area contributed by atoms with Crippen molar-refractivity contribution in [3.05, 3.63) is 16.1 Å². The highest BCUT2D eigenvalue weighted by atomic mass is 32.2. The van der Waals surface area contributed by atoms with Crippen molar-refractivity contribution in [3.63, 3.8) is 0 Å². The fourth-order valence-corrected chi connectivity index (χ4v) is 2.41. The Labute approximate surface area is 108 Å². The van der Waals surface area contributed by atoms with E-state index in [0.29, 0.717) is 22.7 Å². The normalized spacial score (nSPS) is 12.1. The number of hydrogen-bond acceptors (Lipinski definition) is 5. The van der Waals surface area contributed by atoms with Crippen molar-refractivity contribution >= 4 is 35.0 Å². The van der Waals surface area contributed by atoms with Crippen LogP contribution in [0.2, 0.25) is 0 Å². The molecule has 0 radical (unpaired) electrons. The van der Waals surface area contributed by atoms with Crippen LogP contribution >= 0.6 is 23.1 Å². The number of carbonyl (C=O) groups excluding carboxylic acids is 1. The standard InChI is InChI=1S/C10H14N2O3S2/c1-6-8(17-5-11-6)9(13)12-7(10(14)15)3-4-16-2/h5,7H,3-4H2,1-2H3,(H,12,13)(H,14,15)/t7-/m0/s1. The molecule has 0 aliphatic rings. The first-order valence-electron chi connectivity index (χ1n) is 4.99. The highest BCUT2D eigenvalue weighted by Crippen LogP contribution is 2.12. The summed E-state index contributed by atoms with van der Waals surface area (Å²) in [5, 5.41) is 11.5. The SMILES string of the molecule is CSCC[C@H](NC(=O)c1scnc1C)C(=O)O. The van der Waals surface area contributed by atoms with Gasteiger partial charge in [-0.15, -0.1) is 11.3 Å². The summed E-state index contributed by atoms with van der Waals surface area (Å²) in [6, 6.07) is -0.837. The van der Waals surface area contributed by atoms with E-state index in [2.05, 4.69) is 10.3 Å². The van der Waals surface area contributed by atoms with E-state index in [1.807, 2.05) is 6.26 Å². The summed E-state index contributed by atoms with van der Waals surface area (Å²) in [5.74, 6) is -0.674. The van der Waals surface area contributed by atoms with E-state index in [-0.39, 0.29) is 5.91 Å². The van der Waals surface area contributed by atoms with E-state index in [9.17, 15) is 9.59 Å². The van der Waals surface area contributed by atoms with Gasteiger partial charge in [-0.3, -0.25) is 4.79 Å². The van der Waals surface area contributed by atoms with Gasteiger partial charge in [-0.05, 0) is 25.4 Å². The molecule has 1 amide bonds. The second-order valence-electron chi connectivity index (χ2n) is 3.41. The van der Waals surface area contributed by atoms with Crippen molar-refractivity contribution in [3.8, 4) is 0 Å². The van der Waals surface area contributed by atoms with Crippen LogP contribution in [0.4, 0.5) is 0 Å². The number of amides is 1. The Bertz CT molecular complexity index is 406. The van der Waals surface area contributed by atoms with Gasteiger partial charge in [0.1, 0.15) is 10.9 Å². The van der Waals surface area contributed by atoms with Crippen LogP contribution in [0.15, 0.2) is 5.51 Å². The van der Waals surface area contributed by atoms with Crippen LogP contribution in [0.5, 0.6) is 0 Å². The summed E-state index contributed by atoms with van der Waals surface area (Å²) in [4.78, 5) is 27.2. The number of nitrogens with one attached hydrogen (secondary N) is 1. The maximum absolute atomic E-state index is 11.8. The summed E-state index contributed by atoms with van der Waals surface area (Å²) >= 11 is 2.76. The lowest BCUT2D eigenvalue weighted by molar-refractivity contribution is -0.139. The molecule has 1 heterocycles. The van der Waals surface area contributed by atoms with Gasteiger partial charge in [0.25, 0.3) is 5.91 Å².